The van der Waals surface area contributed by atoms with E-state index in [1.54, 1.807) is 13.1 Å². The zero-order chi connectivity index (χ0) is 25.0. The van der Waals surface area contributed by atoms with Crippen LogP contribution in [0.2, 0.25) is 0 Å². The molecule has 0 aliphatic carbocycles. The molecule has 2 atom stereocenters. The summed E-state index contributed by atoms with van der Waals surface area (Å²) in [6, 6.07) is 0.168. The van der Waals surface area contributed by atoms with Crippen molar-refractivity contribution in [1.82, 2.24) is 4.98 Å². The summed E-state index contributed by atoms with van der Waals surface area (Å²) in [5.74, 6) is 0.0262. The van der Waals surface area contributed by atoms with Crippen LogP contribution in [0.15, 0.2) is 69.8 Å². The van der Waals surface area contributed by atoms with Crippen LogP contribution in [-0.4, -0.2) is 36.5 Å². The molecule has 6 nitrogen and oxygen atoms in total. The second kappa shape index (κ2) is 14.1. The number of halogens is 1. The molecule has 5 heterocycles. The molecule has 1 aromatic rings. The number of Topliss-reactive ketones (excluding diaryl/α,β-unsaturated/α-hetero) is 1. The average molecular weight is 576 g/mol. The standard InChI is InChI=1S/C17H18N3O.C10H12N2.ClH.Ru/c1-11-15(12(2)21)17(14-8-4-6-10-19-14)20-16(11)13-7-3-5-9-18-13;1-3-7-11-9(5-1)10-6-2-4-8-12-10;;/h3,5,7-10,13H,4,6H2,1-2H3,(H,20,21);1-3,6-7,9H,4-5,8H2;1H;/q-1;;;+3/p-2/t13-;9-;;/m10../s1. The van der Waals surface area contributed by atoms with Gasteiger partial charge in [-0.1, -0.05) is 53.8 Å². The van der Waals surface area contributed by atoms with E-state index in [1.807, 2.05) is 67.0 Å². The van der Waals surface area contributed by atoms with Crippen molar-refractivity contribution >= 4 is 39.3 Å². The minimum absolute atomic E-state index is 0.0262. The summed E-state index contributed by atoms with van der Waals surface area (Å²) >= 11 is 1.82. The molecular weight excluding hydrogens is 547 g/mol. The predicted molar refractivity (Wildman–Crippen MR) is 143 cm³/mol. The van der Waals surface area contributed by atoms with Crippen LogP contribution in [-0.2, 0) is 17.3 Å². The Bertz CT molecular complexity index is 1140. The molecule has 0 N–H and O–H groups in total. The van der Waals surface area contributed by atoms with Crippen molar-refractivity contribution in [1.29, 1.82) is 0 Å². The topological polar surface area (TPSA) is 82.3 Å². The van der Waals surface area contributed by atoms with E-state index >= 15 is 0 Å². The van der Waals surface area contributed by atoms with E-state index in [-0.39, 0.29) is 17.9 Å². The number of aliphatic imine (C=N–C) groups is 3. The second-order valence-corrected chi connectivity index (χ2v) is 8.18. The molecule has 0 fully saturated rings. The van der Waals surface area contributed by atoms with E-state index in [9.17, 15) is 4.79 Å². The molecule has 0 unspecified atom stereocenters. The van der Waals surface area contributed by atoms with Crippen LogP contribution in [0.5, 0.6) is 0 Å². The molecular formula is C27H29ClN5ORu. The van der Waals surface area contributed by atoms with Crippen LogP contribution >= 0.6 is 9.69 Å². The van der Waals surface area contributed by atoms with Crippen molar-refractivity contribution < 1.29 is 22.1 Å². The summed E-state index contributed by atoms with van der Waals surface area (Å²) in [6.45, 7) is 4.46. The van der Waals surface area contributed by atoms with Gasteiger partial charge in [0.05, 0.1) is 11.8 Å². The fourth-order valence-electron chi connectivity index (χ4n) is 4.13. The van der Waals surface area contributed by atoms with E-state index < -0.39 is 0 Å². The summed E-state index contributed by atoms with van der Waals surface area (Å²) in [4.78, 5) is 29.9. The molecule has 0 radical (unpaired) electrons. The second-order valence-electron chi connectivity index (χ2n) is 8.18. The minimum atomic E-state index is -0.116. The number of hydrogen-bond donors (Lipinski definition) is 0. The third-order valence-electron chi connectivity index (χ3n) is 5.77. The van der Waals surface area contributed by atoms with Crippen molar-refractivity contribution in [2.75, 3.05) is 6.54 Å². The third kappa shape index (κ3) is 7.19. The van der Waals surface area contributed by atoms with Crippen LogP contribution in [0.3, 0.4) is 0 Å². The SMILES string of the molecule is C1=CC[C@@H](C2=NCCC=C2)N=C1.CC(=O)c1c(C2=CCCC=N2)[n-]c([C@H]2C=CC=C[N-]2)c1C.[Cl][Ru+2]. The fraction of sp³-hybridized carbons (Fsp3) is 0.333. The Morgan fingerprint density at radius 2 is 2.00 bits per heavy atom. The first-order valence-corrected chi connectivity index (χ1v) is 13.9. The Hall–Kier alpha value is -2.63. The van der Waals surface area contributed by atoms with Gasteiger partial charge in [-0.2, -0.15) is 11.9 Å². The summed E-state index contributed by atoms with van der Waals surface area (Å²) in [6.07, 6.45) is 25.8. The average Bonchev–Trinajstić information content (AvgIpc) is 3.29. The van der Waals surface area contributed by atoms with Crippen LogP contribution in [0.25, 0.3) is 11.0 Å². The molecule has 1 aromatic heterocycles. The van der Waals surface area contributed by atoms with Gasteiger partial charge in [-0.05, 0) is 51.7 Å². The maximum absolute atomic E-state index is 12.0. The summed E-state index contributed by atoms with van der Waals surface area (Å²) in [5.41, 5.74) is 5.07. The fourth-order valence-corrected chi connectivity index (χ4v) is 4.13. The third-order valence-corrected chi connectivity index (χ3v) is 5.77. The van der Waals surface area contributed by atoms with Crippen LogP contribution in [0.1, 0.15) is 66.0 Å². The van der Waals surface area contributed by atoms with E-state index in [0.717, 1.165) is 54.9 Å². The van der Waals surface area contributed by atoms with Gasteiger partial charge < -0.3 is 10.3 Å². The number of hydrogen-bond acceptors (Lipinski definition) is 4. The van der Waals surface area contributed by atoms with Gasteiger partial charge in [0.15, 0.2) is 5.78 Å². The molecule has 183 valence electrons. The maximum atomic E-state index is 12.0. The first-order chi connectivity index (χ1) is 17.1. The molecule has 8 heteroatoms. The Morgan fingerprint density at radius 3 is 2.60 bits per heavy atom. The van der Waals surface area contributed by atoms with Gasteiger partial charge >= 0.3 is 27.0 Å². The van der Waals surface area contributed by atoms with E-state index in [4.69, 9.17) is 4.98 Å². The first kappa shape index (κ1) is 27.0. The number of nitrogens with zero attached hydrogens (tertiary/aromatic N) is 5. The quantitative estimate of drug-likeness (QED) is 0.310. The summed E-state index contributed by atoms with van der Waals surface area (Å²) in [7, 11) is 4.57. The molecule has 4 aliphatic heterocycles. The summed E-state index contributed by atoms with van der Waals surface area (Å²) in [5, 5.41) is 4.42. The number of ketones is 1. The molecule has 0 bridgehead atoms. The van der Waals surface area contributed by atoms with Crippen LogP contribution in [0, 0.1) is 6.92 Å². The molecule has 0 saturated carbocycles. The summed E-state index contributed by atoms with van der Waals surface area (Å²) < 4.78 is 0. The molecule has 0 amide bonds. The molecule has 0 saturated heterocycles. The van der Waals surface area contributed by atoms with E-state index in [2.05, 4.69) is 48.2 Å². The van der Waals surface area contributed by atoms with Crippen molar-refractivity contribution in [2.45, 2.75) is 51.6 Å². The van der Waals surface area contributed by atoms with Crippen LogP contribution < -0.4 is 4.98 Å². The monoisotopic (exact) mass is 576 g/mol. The zero-order valence-electron chi connectivity index (χ0n) is 19.9. The number of allylic oxidation sites excluding steroid dienone is 4. The normalized spacial score (nSPS) is 21.7. The molecule has 5 rings (SSSR count). The van der Waals surface area contributed by atoms with Gasteiger partial charge in [0.25, 0.3) is 0 Å². The van der Waals surface area contributed by atoms with Crippen molar-refractivity contribution in [3.8, 4) is 0 Å². The van der Waals surface area contributed by atoms with Gasteiger partial charge in [-0.3, -0.25) is 19.8 Å². The van der Waals surface area contributed by atoms with Gasteiger partial charge in [-0.15, -0.1) is 0 Å². The molecule has 4 aliphatic rings. The Balaban J connectivity index is 0.000000207. The number of dihydropyridines is 2. The van der Waals surface area contributed by atoms with Crippen molar-refractivity contribution in [3.63, 3.8) is 0 Å². The number of aromatic nitrogens is 1. The Labute approximate surface area is 221 Å². The van der Waals surface area contributed by atoms with E-state index in [1.165, 1.54) is 0 Å². The Morgan fingerprint density at radius 1 is 1.14 bits per heavy atom. The number of rotatable bonds is 4. The van der Waals surface area contributed by atoms with Gasteiger partial charge in [0, 0.05) is 30.2 Å². The van der Waals surface area contributed by atoms with Gasteiger partial charge in [-0.25, -0.2) is 0 Å². The van der Waals surface area contributed by atoms with Gasteiger partial charge in [0.1, 0.15) is 0 Å². The van der Waals surface area contributed by atoms with Crippen molar-refractivity contribution in [3.05, 3.63) is 82.6 Å². The Kier molecular flexibility index (Phi) is 10.8. The molecule has 35 heavy (non-hydrogen) atoms. The first-order valence-electron chi connectivity index (χ1n) is 11.6. The number of carbonyl (C=O) groups is 1. The molecule has 0 spiro atoms. The van der Waals surface area contributed by atoms with Crippen molar-refractivity contribution in [2.24, 2.45) is 15.0 Å². The van der Waals surface area contributed by atoms with Gasteiger partial charge in [0.2, 0.25) is 0 Å². The van der Waals surface area contributed by atoms with E-state index in [0.29, 0.717) is 11.3 Å². The zero-order valence-corrected chi connectivity index (χ0v) is 22.4. The number of carbonyl (C=O) groups excluding carboxylic acids is 1. The molecule has 0 aromatic carbocycles. The van der Waals surface area contributed by atoms with Crippen LogP contribution in [0.4, 0.5) is 0 Å². The predicted octanol–water partition coefficient (Wildman–Crippen LogP) is 6.33.